The normalized spacial score (nSPS) is 16.2. The largest absolute Gasteiger partial charge is 0.497 e. The van der Waals surface area contributed by atoms with Gasteiger partial charge in [0, 0.05) is 47.2 Å². The van der Waals surface area contributed by atoms with Gasteiger partial charge >= 0.3 is 0 Å². The summed E-state index contributed by atoms with van der Waals surface area (Å²) in [5, 5.41) is 15.4. The number of nitrogens with one attached hydrogen (secondary N) is 3. The lowest BCUT2D eigenvalue weighted by Crippen LogP contribution is -2.50. The standard InChI is InChI=1S/C36H39N7O2/c1-45-28-16-13-25(14-17-28)23-43-35(18-15-26-21-37-31-10-4-2-8-29(26)31)40-41-36(43)33(42-19-7-6-12-34(42)39-24-44)20-27-22-38-32-11-5-3-9-30(27)32/h2-5,8-11,13-14,16-17,21-22,24,33-34,37-38H,6-7,12,15,18-20,23H2,1H3,(H,39,44)/t33-,34-/m1/s1. The van der Waals surface area contributed by atoms with E-state index in [4.69, 9.17) is 14.9 Å². The third kappa shape index (κ3) is 5.95. The second-order valence-corrected chi connectivity index (χ2v) is 11.9. The highest BCUT2D eigenvalue weighted by Gasteiger charge is 2.34. The van der Waals surface area contributed by atoms with Gasteiger partial charge in [-0.25, -0.2) is 0 Å². The fraction of sp³-hybridized carbons (Fsp3) is 0.306. The predicted octanol–water partition coefficient (Wildman–Crippen LogP) is 5.92. The zero-order valence-corrected chi connectivity index (χ0v) is 25.6. The van der Waals surface area contributed by atoms with Gasteiger partial charge in [-0.1, -0.05) is 48.5 Å². The molecule has 0 radical (unpaired) electrons. The maximum atomic E-state index is 11.7. The summed E-state index contributed by atoms with van der Waals surface area (Å²) >= 11 is 0. The Balaban J connectivity index is 1.29. The van der Waals surface area contributed by atoms with Crippen LogP contribution in [0, 0.1) is 0 Å². The Morgan fingerprint density at radius 3 is 2.36 bits per heavy atom. The molecule has 230 valence electrons. The first kappa shape index (κ1) is 28.9. The van der Waals surface area contributed by atoms with Gasteiger partial charge in [0.15, 0.2) is 5.82 Å². The Labute approximate surface area is 262 Å². The number of hydrogen-bond acceptors (Lipinski definition) is 5. The lowest BCUT2D eigenvalue weighted by molar-refractivity contribution is -0.112. The molecule has 2 atom stereocenters. The van der Waals surface area contributed by atoms with Crippen molar-refractivity contribution in [3.05, 3.63) is 114 Å². The van der Waals surface area contributed by atoms with Crippen LogP contribution in [0.1, 0.15) is 53.6 Å². The van der Waals surface area contributed by atoms with E-state index in [0.29, 0.717) is 6.54 Å². The molecule has 3 aromatic heterocycles. The first-order valence-electron chi connectivity index (χ1n) is 15.8. The van der Waals surface area contributed by atoms with Crippen LogP contribution in [0.25, 0.3) is 21.8 Å². The minimum absolute atomic E-state index is 0.0627. The number of likely N-dealkylation sites (tertiary alicyclic amines) is 1. The molecule has 3 aromatic carbocycles. The topological polar surface area (TPSA) is 104 Å². The molecule has 9 nitrogen and oxygen atoms in total. The minimum Gasteiger partial charge on any atom is -0.497 e. The molecule has 0 saturated carbocycles. The SMILES string of the molecule is COc1ccc(Cn2c(CCc3c[nH]c4ccccc34)nnc2[C@@H](Cc2c[nH]c3ccccc23)N2CCCC[C@@H]2NC=O)cc1. The van der Waals surface area contributed by atoms with Crippen molar-refractivity contribution in [2.45, 2.75) is 57.3 Å². The number of rotatable bonds is 12. The molecular formula is C36H39N7O2. The van der Waals surface area contributed by atoms with Crippen molar-refractivity contribution < 1.29 is 9.53 Å². The van der Waals surface area contributed by atoms with Crippen LogP contribution in [-0.2, 0) is 30.6 Å². The third-order valence-electron chi connectivity index (χ3n) is 9.24. The highest BCUT2D eigenvalue weighted by atomic mass is 16.5. The van der Waals surface area contributed by atoms with Crippen LogP contribution < -0.4 is 10.1 Å². The number of carbonyl (C=O) groups excluding carboxylic acids is 1. The van der Waals surface area contributed by atoms with Gasteiger partial charge in [0.25, 0.3) is 0 Å². The number of carbonyl (C=O) groups is 1. The van der Waals surface area contributed by atoms with Crippen molar-refractivity contribution in [2.75, 3.05) is 13.7 Å². The van der Waals surface area contributed by atoms with E-state index >= 15 is 0 Å². The number of benzene rings is 3. The van der Waals surface area contributed by atoms with Crippen molar-refractivity contribution in [3.63, 3.8) is 0 Å². The lowest BCUT2D eigenvalue weighted by Gasteiger charge is -2.40. The number of fused-ring (bicyclic) bond motifs is 2. The quantitative estimate of drug-likeness (QED) is 0.151. The number of H-pyrrole nitrogens is 2. The van der Waals surface area contributed by atoms with Gasteiger partial charge in [-0.15, -0.1) is 10.2 Å². The molecule has 9 heteroatoms. The number of para-hydroxylation sites is 2. The molecule has 3 N–H and O–H groups in total. The zero-order chi connectivity index (χ0) is 30.6. The Morgan fingerprint density at radius 1 is 0.911 bits per heavy atom. The number of aryl methyl sites for hydroxylation is 2. The van der Waals surface area contributed by atoms with Crippen molar-refractivity contribution >= 4 is 28.2 Å². The number of hydrogen-bond donors (Lipinski definition) is 3. The van der Waals surface area contributed by atoms with Crippen LogP contribution in [0.3, 0.4) is 0 Å². The minimum atomic E-state index is -0.0884. The predicted molar refractivity (Wildman–Crippen MR) is 176 cm³/mol. The number of methoxy groups -OCH3 is 1. The molecule has 1 aliphatic rings. The fourth-order valence-electron chi connectivity index (χ4n) is 6.90. The molecule has 1 saturated heterocycles. The molecule has 6 aromatic rings. The van der Waals surface area contributed by atoms with Crippen molar-refractivity contribution in [2.24, 2.45) is 0 Å². The summed E-state index contributed by atoms with van der Waals surface area (Å²) < 4.78 is 7.74. The number of aromatic nitrogens is 5. The first-order chi connectivity index (χ1) is 22.2. The van der Waals surface area contributed by atoms with E-state index in [1.54, 1.807) is 7.11 Å². The zero-order valence-electron chi connectivity index (χ0n) is 25.6. The van der Waals surface area contributed by atoms with Crippen LogP contribution in [0.15, 0.2) is 85.2 Å². The summed E-state index contributed by atoms with van der Waals surface area (Å²) in [6.07, 6.45) is 10.4. The van der Waals surface area contributed by atoms with E-state index in [1.807, 2.05) is 12.1 Å². The van der Waals surface area contributed by atoms with Crippen molar-refractivity contribution in [1.82, 2.24) is 34.9 Å². The van der Waals surface area contributed by atoms with Crippen LogP contribution >= 0.6 is 0 Å². The maximum absolute atomic E-state index is 11.7. The monoisotopic (exact) mass is 601 g/mol. The highest BCUT2D eigenvalue weighted by Crippen LogP contribution is 2.33. The van der Waals surface area contributed by atoms with E-state index < -0.39 is 0 Å². The van der Waals surface area contributed by atoms with Crippen molar-refractivity contribution in [3.8, 4) is 5.75 Å². The highest BCUT2D eigenvalue weighted by molar-refractivity contribution is 5.83. The fourth-order valence-corrected chi connectivity index (χ4v) is 6.90. The Hall–Kier alpha value is -4.89. The smallest absolute Gasteiger partial charge is 0.208 e. The number of piperidine rings is 1. The van der Waals surface area contributed by atoms with Gasteiger partial charge < -0.3 is 24.6 Å². The maximum Gasteiger partial charge on any atom is 0.208 e. The molecule has 7 rings (SSSR count). The number of amides is 1. The van der Waals surface area contributed by atoms with Gasteiger partial charge in [0.05, 0.1) is 25.9 Å². The number of nitrogens with zero attached hydrogens (tertiary/aromatic N) is 4. The lowest BCUT2D eigenvalue weighted by atomic mass is 9.98. The van der Waals surface area contributed by atoms with E-state index in [2.05, 4.69) is 97.8 Å². The summed E-state index contributed by atoms with van der Waals surface area (Å²) in [6.45, 7) is 1.51. The number of aromatic amines is 2. The first-order valence-corrected chi connectivity index (χ1v) is 15.8. The van der Waals surface area contributed by atoms with Gasteiger partial charge in [0.2, 0.25) is 6.41 Å². The van der Waals surface area contributed by atoms with E-state index in [9.17, 15) is 4.79 Å². The molecular weight excluding hydrogens is 562 g/mol. The summed E-state index contributed by atoms with van der Waals surface area (Å²) in [6, 6.07) is 25.0. The average Bonchev–Trinajstić information content (AvgIpc) is 3.81. The molecule has 1 aliphatic heterocycles. The van der Waals surface area contributed by atoms with Gasteiger partial charge in [0.1, 0.15) is 11.6 Å². The molecule has 0 bridgehead atoms. The summed E-state index contributed by atoms with van der Waals surface area (Å²) in [5.74, 6) is 2.70. The summed E-state index contributed by atoms with van der Waals surface area (Å²) in [4.78, 5) is 21.0. The van der Waals surface area contributed by atoms with Crippen molar-refractivity contribution in [1.29, 1.82) is 0 Å². The van der Waals surface area contributed by atoms with Gasteiger partial charge in [-0.3, -0.25) is 9.69 Å². The summed E-state index contributed by atoms with van der Waals surface area (Å²) in [7, 11) is 1.69. The van der Waals surface area contributed by atoms with E-state index in [0.717, 1.165) is 85.5 Å². The molecule has 45 heavy (non-hydrogen) atoms. The average molecular weight is 602 g/mol. The Bertz CT molecular complexity index is 1890. The Morgan fingerprint density at radius 2 is 1.62 bits per heavy atom. The second kappa shape index (κ2) is 13.0. The molecule has 4 heterocycles. The Kier molecular flexibility index (Phi) is 8.33. The van der Waals surface area contributed by atoms with E-state index in [-0.39, 0.29) is 12.2 Å². The summed E-state index contributed by atoms with van der Waals surface area (Å²) in [5.41, 5.74) is 5.91. The van der Waals surface area contributed by atoms with Gasteiger partial charge in [-0.2, -0.15) is 0 Å². The molecule has 1 amide bonds. The second-order valence-electron chi connectivity index (χ2n) is 11.9. The molecule has 1 fully saturated rings. The molecule has 0 unspecified atom stereocenters. The van der Waals surface area contributed by atoms with Crippen LogP contribution in [-0.4, -0.2) is 55.9 Å². The number of ether oxygens (including phenoxy) is 1. The van der Waals surface area contributed by atoms with Crippen LogP contribution in [0.4, 0.5) is 0 Å². The van der Waals surface area contributed by atoms with Crippen LogP contribution in [0.2, 0.25) is 0 Å². The van der Waals surface area contributed by atoms with Crippen LogP contribution in [0.5, 0.6) is 5.75 Å². The third-order valence-corrected chi connectivity index (χ3v) is 9.24. The molecule has 0 aliphatic carbocycles. The van der Waals surface area contributed by atoms with Gasteiger partial charge in [-0.05, 0) is 73.1 Å². The molecule has 0 spiro atoms. The van der Waals surface area contributed by atoms with E-state index in [1.165, 1.54) is 21.9 Å².